The first-order valence-electron chi connectivity index (χ1n) is 14.9. The van der Waals surface area contributed by atoms with Gasteiger partial charge in [-0.25, -0.2) is 19.6 Å². The zero-order chi connectivity index (χ0) is 35.2. The Labute approximate surface area is 274 Å². The molecule has 6 rings (SSSR count). The van der Waals surface area contributed by atoms with Crippen LogP contribution in [0.15, 0.2) is 60.9 Å². The average molecular weight is 688 g/mol. The molecule has 0 spiro atoms. The molecular weight excluding hydrogens is 660 g/mol. The van der Waals surface area contributed by atoms with Gasteiger partial charge in [-0.05, 0) is 67.4 Å². The fourth-order valence-electron chi connectivity index (χ4n) is 5.71. The maximum absolute atomic E-state index is 13.6. The molecular formula is C33H27F6N5O5. The average Bonchev–Trinajstić information content (AvgIpc) is 3.31. The van der Waals surface area contributed by atoms with E-state index in [1.807, 2.05) is 4.90 Å². The van der Waals surface area contributed by atoms with Crippen molar-refractivity contribution in [3.63, 3.8) is 0 Å². The first-order chi connectivity index (χ1) is 23.1. The summed E-state index contributed by atoms with van der Waals surface area (Å²) in [6.45, 7) is 2.76. The molecule has 1 N–H and O–H groups in total. The number of cyclic esters (lactones) is 1. The van der Waals surface area contributed by atoms with Crippen molar-refractivity contribution >= 4 is 17.9 Å². The van der Waals surface area contributed by atoms with Gasteiger partial charge in [0.1, 0.15) is 17.7 Å². The third-order valence-electron chi connectivity index (χ3n) is 8.45. The van der Waals surface area contributed by atoms with Crippen molar-refractivity contribution in [1.29, 1.82) is 0 Å². The highest BCUT2D eigenvalue weighted by Gasteiger charge is 2.43. The summed E-state index contributed by atoms with van der Waals surface area (Å²) in [6.07, 6.45) is -9.16. The van der Waals surface area contributed by atoms with Crippen LogP contribution in [0, 0.1) is 0 Å². The number of methoxy groups -OCH3 is 1. The topological polar surface area (TPSA) is 118 Å². The quantitative estimate of drug-likeness (QED) is 0.191. The Morgan fingerprint density at radius 3 is 2.20 bits per heavy atom. The number of carbonyl (C=O) groups excluding carboxylic acids is 1. The second kappa shape index (κ2) is 12.6. The highest BCUT2D eigenvalue weighted by molar-refractivity contribution is 5.85. The molecule has 2 atom stereocenters. The number of alkyl halides is 6. The fourth-order valence-corrected chi connectivity index (χ4v) is 5.71. The van der Waals surface area contributed by atoms with Gasteiger partial charge >= 0.3 is 24.4 Å². The van der Waals surface area contributed by atoms with Crippen LogP contribution in [0.4, 0.5) is 37.0 Å². The molecule has 0 unspecified atom stereocenters. The number of aromatic nitrogens is 3. The van der Waals surface area contributed by atoms with Gasteiger partial charge in [-0.15, -0.1) is 0 Å². The minimum atomic E-state index is -5.07. The molecule has 2 aromatic carbocycles. The summed E-state index contributed by atoms with van der Waals surface area (Å²) < 4.78 is 92.7. The lowest BCUT2D eigenvalue weighted by Gasteiger charge is -2.33. The van der Waals surface area contributed by atoms with Crippen molar-refractivity contribution in [2.45, 2.75) is 44.4 Å². The second-order valence-corrected chi connectivity index (χ2v) is 11.5. The molecule has 4 heterocycles. The zero-order valence-corrected chi connectivity index (χ0v) is 25.8. The van der Waals surface area contributed by atoms with Crippen LogP contribution in [0.5, 0.6) is 5.75 Å². The predicted octanol–water partition coefficient (Wildman–Crippen LogP) is 7.24. The molecule has 49 heavy (non-hydrogen) atoms. The number of pyridine rings is 1. The summed E-state index contributed by atoms with van der Waals surface area (Å²) in [5, 5.41) is 9.19. The molecule has 2 saturated heterocycles. The second-order valence-electron chi connectivity index (χ2n) is 11.5. The number of anilines is 1. The van der Waals surface area contributed by atoms with E-state index in [2.05, 4.69) is 9.97 Å². The molecule has 2 aromatic heterocycles. The van der Waals surface area contributed by atoms with Crippen LogP contribution in [-0.2, 0) is 23.6 Å². The summed E-state index contributed by atoms with van der Waals surface area (Å²) in [7, 11) is 1.45. The third-order valence-corrected chi connectivity index (χ3v) is 8.45. The normalized spacial score (nSPS) is 17.9. The molecule has 1 amide bonds. The number of ether oxygens (including phenoxy) is 2. The molecule has 2 aliphatic rings. The Hall–Kier alpha value is -5.41. The molecule has 0 saturated carbocycles. The summed E-state index contributed by atoms with van der Waals surface area (Å²) in [4.78, 5) is 40.7. The van der Waals surface area contributed by atoms with Gasteiger partial charge in [-0.1, -0.05) is 0 Å². The van der Waals surface area contributed by atoms with E-state index in [1.54, 1.807) is 30.3 Å². The highest BCUT2D eigenvalue weighted by Crippen LogP contribution is 2.42. The first kappa shape index (κ1) is 33.5. The number of benzene rings is 2. The van der Waals surface area contributed by atoms with Crippen molar-refractivity contribution in [2.75, 3.05) is 25.1 Å². The van der Waals surface area contributed by atoms with Crippen LogP contribution in [0.1, 0.15) is 52.3 Å². The molecule has 2 aliphatic heterocycles. The van der Waals surface area contributed by atoms with Gasteiger partial charge < -0.3 is 19.5 Å². The number of hydrogen-bond donors (Lipinski definition) is 1. The number of hydrogen-bond acceptors (Lipinski definition) is 8. The molecule has 10 nitrogen and oxygen atoms in total. The number of nitrogens with zero attached hydrogens (tertiary/aromatic N) is 5. The van der Waals surface area contributed by atoms with E-state index in [0.29, 0.717) is 51.8 Å². The van der Waals surface area contributed by atoms with Crippen molar-refractivity contribution in [2.24, 2.45) is 0 Å². The largest absolute Gasteiger partial charge is 0.496 e. The lowest BCUT2D eigenvalue weighted by molar-refractivity contribution is -0.143. The Kier molecular flexibility index (Phi) is 8.58. The van der Waals surface area contributed by atoms with Gasteiger partial charge in [0.05, 0.1) is 54.6 Å². The van der Waals surface area contributed by atoms with E-state index >= 15 is 0 Å². The number of aromatic carboxylic acids is 1. The monoisotopic (exact) mass is 687 g/mol. The number of carboxylic acids is 1. The van der Waals surface area contributed by atoms with Crippen LogP contribution in [0.2, 0.25) is 0 Å². The van der Waals surface area contributed by atoms with Gasteiger partial charge in [-0.3, -0.25) is 9.88 Å². The van der Waals surface area contributed by atoms with E-state index in [9.17, 15) is 41.0 Å². The molecule has 4 aromatic rings. The van der Waals surface area contributed by atoms with E-state index in [-0.39, 0.29) is 18.3 Å². The van der Waals surface area contributed by atoms with E-state index in [1.165, 1.54) is 25.1 Å². The molecule has 0 aliphatic carbocycles. The van der Waals surface area contributed by atoms with E-state index < -0.39 is 53.3 Å². The van der Waals surface area contributed by atoms with Crippen molar-refractivity contribution in [3.05, 3.63) is 89.0 Å². The third kappa shape index (κ3) is 6.67. The van der Waals surface area contributed by atoms with Crippen molar-refractivity contribution in [1.82, 2.24) is 19.9 Å². The fraction of sp³-hybridized carbons (Fsp3) is 0.303. The number of carbonyl (C=O) groups is 2. The van der Waals surface area contributed by atoms with Gasteiger partial charge in [0.2, 0.25) is 0 Å². The smallest absolute Gasteiger partial charge is 0.416 e. The first-order valence-corrected chi connectivity index (χ1v) is 14.9. The lowest BCUT2D eigenvalue weighted by Crippen LogP contribution is -2.38. The van der Waals surface area contributed by atoms with Gasteiger partial charge in [0.25, 0.3) is 0 Å². The van der Waals surface area contributed by atoms with Crippen molar-refractivity contribution < 1.29 is 50.5 Å². The maximum Gasteiger partial charge on any atom is 0.416 e. The summed E-state index contributed by atoms with van der Waals surface area (Å²) in [5.41, 5.74) is -1.41. The highest BCUT2D eigenvalue weighted by atomic mass is 19.4. The Balaban J connectivity index is 1.39. The Morgan fingerprint density at radius 1 is 0.959 bits per heavy atom. The van der Waals surface area contributed by atoms with Gasteiger partial charge in [0, 0.05) is 29.8 Å². The standard InChI is InChI=1S/C33H27F6N5O5/c1-17-29(19-10-20(32(34,35)36)13-21(11-19)33(37,38)39)49-31(47)44(17)16-26-22(5-7-28(42-26)43-8-3-9-43)23-12-18(4-6-27(23)48-2)24-14-41-25(15-40-24)30(45)46/h4-7,10-15,17,29H,3,8-9,16H2,1-2H3,(H,45,46)/t17-,29-/m0/s1. The van der Waals surface area contributed by atoms with Crippen LogP contribution in [0.25, 0.3) is 22.4 Å². The van der Waals surface area contributed by atoms with Gasteiger partial charge in [0.15, 0.2) is 5.69 Å². The van der Waals surface area contributed by atoms with Gasteiger partial charge in [-0.2, -0.15) is 26.3 Å². The predicted molar refractivity (Wildman–Crippen MR) is 162 cm³/mol. The summed E-state index contributed by atoms with van der Waals surface area (Å²) in [6, 6.07) is 8.81. The minimum Gasteiger partial charge on any atom is -0.496 e. The lowest BCUT2D eigenvalue weighted by atomic mass is 9.96. The van der Waals surface area contributed by atoms with Crippen LogP contribution >= 0.6 is 0 Å². The Morgan fingerprint density at radius 2 is 1.65 bits per heavy atom. The molecule has 0 radical (unpaired) electrons. The maximum atomic E-state index is 13.6. The SMILES string of the molecule is COc1ccc(-c2cnc(C(=O)O)cn2)cc1-c1ccc(N2CCC2)nc1CN1C(=O)O[C@H](c2cc(C(F)(F)F)cc(C(F)(F)F)c2)[C@@H]1C. The van der Waals surface area contributed by atoms with Crippen LogP contribution < -0.4 is 9.64 Å². The molecule has 2 fully saturated rings. The van der Waals surface area contributed by atoms with Crippen molar-refractivity contribution in [3.8, 4) is 28.1 Å². The van der Waals surface area contributed by atoms with Crippen LogP contribution in [-0.4, -0.2) is 63.3 Å². The minimum absolute atomic E-state index is 0.0216. The zero-order valence-electron chi connectivity index (χ0n) is 25.8. The van der Waals surface area contributed by atoms with Crippen LogP contribution in [0.3, 0.4) is 0 Å². The molecule has 256 valence electrons. The number of rotatable bonds is 8. The number of halogens is 6. The Bertz CT molecular complexity index is 1880. The summed E-state index contributed by atoms with van der Waals surface area (Å²) >= 11 is 0. The number of amides is 1. The molecule has 16 heteroatoms. The summed E-state index contributed by atoms with van der Waals surface area (Å²) in [5.74, 6) is -0.213. The van der Waals surface area contributed by atoms with E-state index in [4.69, 9.17) is 14.5 Å². The molecule has 0 bridgehead atoms. The number of carboxylic acid groups (broad SMARTS) is 1. The van der Waals surface area contributed by atoms with E-state index in [0.717, 1.165) is 25.7 Å².